The molecule has 0 unspecified atom stereocenters. The van der Waals surface area contributed by atoms with E-state index in [1.54, 1.807) is 7.11 Å². The van der Waals surface area contributed by atoms with E-state index in [2.05, 4.69) is 35.5 Å². The average Bonchev–Trinajstić information content (AvgIpc) is 2.25. The highest BCUT2D eigenvalue weighted by Gasteiger charge is 2.27. The summed E-state index contributed by atoms with van der Waals surface area (Å²) in [5.41, 5.74) is 0.572. The van der Waals surface area contributed by atoms with E-state index in [1.807, 2.05) is 0 Å². The number of hydrogen-bond donors (Lipinski definition) is 0. The highest BCUT2D eigenvalue weighted by Crippen LogP contribution is 2.16. The number of hydrogen-bond acceptors (Lipinski definition) is 4. The van der Waals surface area contributed by atoms with Crippen molar-refractivity contribution in [2.75, 3.05) is 14.2 Å². The van der Waals surface area contributed by atoms with Crippen LogP contribution in [0.1, 0.15) is 5.69 Å². The lowest BCUT2D eigenvalue weighted by molar-refractivity contribution is 0.353. The molecule has 1 aromatic rings. The van der Waals surface area contributed by atoms with Crippen LogP contribution in [-0.2, 0) is 0 Å². The molecule has 0 aliphatic heterocycles. The maximum absolute atomic E-state index is 5.47. The Morgan fingerprint density at radius 1 is 1.12 bits per heavy atom. The van der Waals surface area contributed by atoms with Gasteiger partial charge in [0, 0.05) is 5.19 Å². The number of rotatable bonds is 3. The van der Waals surface area contributed by atoms with Gasteiger partial charge in [-0.05, 0) is 5.92 Å². The third-order valence-corrected chi connectivity index (χ3v) is 4.07. The Bertz CT molecular complexity index is 433. The summed E-state index contributed by atoms with van der Waals surface area (Å²) in [6.45, 7) is 6.50. The smallest absolute Gasteiger partial charge is 0.320 e. The molecular weight excluding hydrogens is 220 g/mol. The zero-order chi connectivity index (χ0) is 12.3. The minimum atomic E-state index is -1.65. The van der Waals surface area contributed by atoms with E-state index in [4.69, 9.17) is 15.9 Å². The van der Waals surface area contributed by atoms with Crippen molar-refractivity contribution in [1.29, 1.82) is 0 Å². The van der Waals surface area contributed by atoms with Gasteiger partial charge in [0.25, 0.3) is 0 Å². The lowest BCUT2D eigenvalue weighted by Gasteiger charge is -2.20. The van der Waals surface area contributed by atoms with Gasteiger partial charge >= 0.3 is 6.01 Å². The van der Waals surface area contributed by atoms with Crippen molar-refractivity contribution in [2.24, 2.45) is 0 Å². The molecule has 0 amide bonds. The Morgan fingerprint density at radius 2 is 1.75 bits per heavy atom. The molecule has 86 valence electrons. The van der Waals surface area contributed by atoms with Gasteiger partial charge < -0.3 is 9.47 Å². The Labute approximate surface area is 97.0 Å². The highest BCUT2D eigenvalue weighted by atomic mass is 28.3. The van der Waals surface area contributed by atoms with Crippen molar-refractivity contribution in [2.45, 2.75) is 19.6 Å². The quantitative estimate of drug-likeness (QED) is 0.580. The van der Waals surface area contributed by atoms with Crippen molar-refractivity contribution >= 4 is 13.3 Å². The molecule has 4 nitrogen and oxygen atoms in total. The van der Waals surface area contributed by atoms with Gasteiger partial charge in [0.05, 0.1) is 22.3 Å². The summed E-state index contributed by atoms with van der Waals surface area (Å²) in [7, 11) is 1.43. The van der Waals surface area contributed by atoms with Crippen molar-refractivity contribution < 1.29 is 9.47 Å². The van der Waals surface area contributed by atoms with Gasteiger partial charge in [0.2, 0.25) is 5.88 Å². The van der Waals surface area contributed by atoms with Crippen LogP contribution < -0.4 is 14.7 Å². The van der Waals surface area contributed by atoms with E-state index in [9.17, 15) is 0 Å². The summed E-state index contributed by atoms with van der Waals surface area (Å²) >= 11 is 0. The minimum Gasteiger partial charge on any atom is -0.481 e. The van der Waals surface area contributed by atoms with Crippen LogP contribution in [0, 0.1) is 12.3 Å². The van der Waals surface area contributed by atoms with Gasteiger partial charge in [-0.1, -0.05) is 19.6 Å². The second-order valence-electron chi connectivity index (χ2n) is 4.34. The number of methoxy groups -OCH3 is 2. The van der Waals surface area contributed by atoms with Crippen LogP contribution in [0.2, 0.25) is 19.6 Å². The molecule has 1 rings (SSSR count). The molecule has 0 aliphatic rings. The fourth-order valence-corrected chi connectivity index (χ4v) is 3.08. The molecule has 1 heterocycles. The number of terminal acetylenes is 1. The van der Waals surface area contributed by atoms with Gasteiger partial charge in [0.15, 0.2) is 0 Å². The van der Waals surface area contributed by atoms with E-state index in [-0.39, 0.29) is 6.01 Å². The van der Waals surface area contributed by atoms with Crippen molar-refractivity contribution in [1.82, 2.24) is 9.97 Å². The Hall–Kier alpha value is -1.54. The number of ether oxygens (including phenoxy) is 2. The molecule has 0 fully saturated rings. The fourth-order valence-electron chi connectivity index (χ4n) is 1.44. The Morgan fingerprint density at radius 3 is 2.12 bits per heavy atom. The molecule has 0 saturated carbocycles. The zero-order valence-electron chi connectivity index (χ0n) is 10.3. The van der Waals surface area contributed by atoms with Crippen LogP contribution in [0.5, 0.6) is 11.9 Å². The topological polar surface area (TPSA) is 44.2 Å². The van der Waals surface area contributed by atoms with Crippen molar-refractivity contribution in [3.05, 3.63) is 5.69 Å². The molecule has 16 heavy (non-hydrogen) atoms. The van der Waals surface area contributed by atoms with E-state index in [1.165, 1.54) is 7.11 Å². The first-order valence-electron chi connectivity index (χ1n) is 4.91. The van der Waals surface area contributed by atoms with Crippen LogP contribution in [0.4, 0.5) is 0 Å². The molecule has 0 spiro atoms. The van der Waals surface area contributed by atoms with Gasteiger partial charge in [0.1, 0.15) is 5.69 Å². The van der Waals surface area contributed by atoms with E-state index >= 15 is 0 Å². The third-order valence-electron chi connectivity index (χ3n) is 2.12. The predicted molar refractivity (Wildman–Crippen MR) is 66.1 cm³/mol. The maximum Gasteiger partial charge on any atom is 0.320 e. The van der Waals surface area contributed by atoms with Crippen LogP contribution in [0.25, 0.3) is 0 Å². The molecule has 0 radical (unpaired) electrons. The monoisotopic (exact) mass is 236 g/mol. The lowest BCUT2D eigenvalue weighted by Crippen LogP contribution is -2.41. The first kappa shape index (κ1) is 12.5. The summed E-state index contributed by atoms with van der Waals surface area (Å²) in [6, 6.07) is 0.242. The number of nitrogens with zero attached hydrogens (tertiary/aromatic N) is 2. The predicted octanol–water partition coefficient (Wildman–Crippen LogP) is 1.02. The van der Waals surface area contributed by atoms with Crippen LogP contribution >= 0.6 is 0 Å². The first-order chi connectivity index (χ1) is 7.43. The van der Waals surface area contributed by atoms with Crippen molar-refractivity contribution in [3.8, 4) is 24.2 Å². The van der Waals surface area contributed by atoms with E-state index in [0.717, 1.165) is 5.19 Å². The normalized spacial score (nSPS) is 10.8. The summed E-state index contributed by atoms with van der Waals surface area (Å²) in [5.74, 6) is 3.10. The van der Waals surface area contributed by atoms with Crippen LogP contribution in [0.3, 0.4) is 0 Å². The number of aromatic nitrogens is 2. The molecule has 0 saturated heterocycles. The molecule has 0 aliphatic carbocycles. The zero-order valence-corrected chi connectivity index (χ0v) is 11.3. The minimum absolute atomic E-state index is 0.242. The lowest BCUT2D eigenvalue weighted by atomic mass is 10.4. The summed E-state index contributed by atoms with van der Waals surface area (Å²) < 4.78 is 10.2. The largest absolute Gasteiger partial charge is 0.481 e. The average molecular weight is 236 g/mol. The van der Waals surface area contributed by atoms with Gasteiger partial charge in [-0.15, -0.1) is 6.42 Å². The molecular formula is C11H16N2O2Si. The molecule has 0 N–H and O–H groups in total. The van der Waals surface area contributed by atoms with Gasteiger partial charge in [-0.3, -0.25) is 0 Å². The molecule has 0 atom stereocenters. The summed E-state index contributed by atoms with van der Waals surface area (Å²) in [6.07, 6.45) is 5.47. The second-order valence-corrected chi connectivity index (χ2v) is 9.34. The Kier molecular flexibility index (Phi) is 3.55. The van der Waals surface area contributed by atoms with Gasteiger partial charge in [-0.2, -0.15) is 9.97 Å². The molecule has 0 aromatic carbocycles. The van der Waals surface area contributed by atoms with Gasteiger partial charge in [-0.25, -0.2) is 0 Å². The second kappa shape index (κ2) is 4.54. The van der Waals surface area contributed by atoms with Crippen LogP contribution in [-0.4, -0.2) is 32.3 Å². The van der Waals surface area contributed by atoms with Crippen molar-refractivity contribution in [3.63, 3.8) is 0 Å². The molecule has 1 aromatic heterocycles. The van der Waals surface area contributed by atoms with E-state index in [0.29, 0.717) is 11.6 Å². The highest BCUT2D eigenvalue weighted by molar-refractivity contribution is 6.89. The summed E-state index contributed by atoms with van der Waals surface area (Å²) in [5, 5.41) is 0.957. The maximum atomic E-state index is 5.47. The SMILES string of the molecule is C#Cc1nc(OC)nc(OC)c1[Si](C)(C)C. The Balaban J connectivity index is 3.52. The standard InChI is InChI=1S/C11H16N2O2Si/c1-7-8-9(16(4,5)6)10(14-2)13-11(12-8)15-3/h1H,2-6H3. The van der Waals surface area contributed by atoms with E-state index < -0.39 is 8.07 Å². The van der Waals surface area contributed by atoms with Crippen LogP contribution in [0.15, 0.2) is 0 Å². The first-order valence-corrected chi connectivity index (χ1v) is 8.41. The fraction of sp³-hybridized carbons (Fsp3) is 0.455. The molecule has 0 bridgehead atoms. The molecule has 5 heteroatoms. The third kappa shape index (κ3) is 2.34. The summed E-state index contributed by atoms with van der Waals surface area (Å²) in [4.78, 5) is 8.34.